The summed E-state index contributed by atoms with van der Waals surface area (Å²) in [6.45, 7) is 8.14. The molecule has 1 aromatic heterocycles. The Morgan fingerprint density at radius 2 is 1.94 bits per heavy atom. The summed E-state index contributed by atoms with van der Waals surface area (Å²) in [7, 11) is 0. The Labute approximate surface area is 108 Å². The molecule has 3 rings (SSSR count). The van der Waals surface area contributed by atoms with Crippen molar-refractivity contribution in [2.24, 2.45) is 0 Å². The first-order valence-electron chi connectivity index (χ1n) is 6.69. The Morgan fingerprint density at radius 3 is 2.61 bits per heavy atom. The maximum absolute atomic E-state index is 5.46. The molecule has 0 amide bonds. The van der Waals surface area contributed by atoms with Crippen LogP contribution in [0, 0.1) is 6.92 Å². The number of piperazine rings is 1. The lowest BCUT2D eigenvalue weighted by molar-refractivity contribution is 0.139. The standard InChI is InChI=1S/C13H20N4O/c1-11-13(15-4-3-14-11)17-7-5-16(6-8-17)12-2-9-18-10-12/h3-4,12H,2,5-10H2,1H3. The van der Waals surface area contributed by atoms with Crippen LogP contribution in [0.4, 0.5) is 5.82 Å². The maximum atomic E-state index is 5.46. The zero-order chi connectivity index (χ0) is 12.4. The summed E-state index contributed by atoms with van der Waals surface area (Å²) < 4.78 is 5.46. The molecule has 0 saturated carbocycles. The lowest BCUT2D eigenvalue weighted by atomic mass is 10.2. The van der Waals surface area contributed by atoms with Gasteiger partial charge in [0.2, 0.25) is 0 Å². The van der Waals surface area contributed by atoms with Crippen LogP contribution in [0.25, 0.3) is 0 Å². The molecule has 2 aliphatic rings. The van der Waals surface area contributed by atoms with Crippen molar-refractivity contribution in [2.45, 2.75) is 19.4 Å². The number of aryl methyl sites for hydroxylation is 1. The predicted molar refractivity (Wildman–Crippen MR) is 69.8 cm³/mol. The largest absolute Gasteiger partial charge is 0.380 e. The van der Waals surface area contributed by atoms with Crippen molar-refractivity contribution in [3.8, 4) is 0 Å². The Bertz CT molecular complexity index is 398. The van der Waals surface area contributed by atoms with E-state index < -0.39 is 0 Å². The van der Waals surface area contributed by atoms with Crippen LogP contribution >= 0.6 is 0 Å². The second kappa shape index (κ2) is 5.20. The smallest absolute Gasteiger partial charge is 0.150 e. The third-order valence-corrected chi connectivity index (χ3v) is 3.89. The molecule has 0 N–H and O–H groups in total. The molecule has 1 atom stereocenters. The van der Waals surface area contributed by atoms with Gasteiger partial charge in [-0.3, -0.25) is 9.88 Å². The highest BCUT2D eigenvalue weighted by Gasteiger charge is 2.27. The molecule has 2 saturated heterocycles. The SMILES string of the molecule is Cc1nccnc1N1CCN(C2CCOC2)CC1. The highest BCUT2D eigenvalue weighted by Crippen LogP contribution is 2.19. The van der Waals surface area contributed by atoms with Crippen molar-refractivity contribution < 1.29 is 4.74 Å². The Balaban J connectivity index is 1.61. The summed E-state index contributed by atoms with van der Waals surface area (Å²) in [4.78, 5) is 13.7. The predicted octanol–water partition coefficient (Wildman–Crippen LogP) is 0.696. The van der Waals surface area contributed by atoms with E-state index in [-0.39, 0.29) is 0 Å². The lowest BCUT2D eigenvalue weighted by Crippen LogP contribution is -2.51. The minimum atomic E-state index is 0.634. The van der Waals surface area contributed by atoms with Gasteiger partial charge in [0.1, 0.15) is 5.82 Å². The monoisotopic (exact) mass is 248 g/mol. The van der Waals surface area contributed by atoms with Crippen molar-refractivity contribution in [3.05, 3.63) is 18.1 Å². The van der Waals surface area contributed by atoms with E-state index >= 15 is 0 Å². The van der Waals surface area contributed by atoms with Crippen molar-refractivity contribution in [1.29, 1.82) is 0 Å². The first-order chi connectivity index (χ1) is 8.84. The summed E-state index contributed by atoms with van der Waals surface area (Å²) in [6, 6.07) is 0.634. The van der Waals surface area contributed by atoms with Gasteiger partial charge >= 0.3 is 0 Å². The van der Waals surface area contributed by atoms with Gasteiger partial charge in [-0.25, -0.2) is 4.98 Å². The second-order valence-corrected chi connectivity index (χ2v) is 5.01. The van der Waals surface area contributed by atoms with E-state index in [9.17, 15) is 0 Å². The van der Waals surface area contributed by atoms with Gasteiger partial charge in [-0.15, -0.1) is 0 Å². The van der Waals surface area contributed by atoms with E-state index in [1.54, 1.807) is 12.4 Å². The molecule has 0 radical (unpaired) electrons. The van der Waals surface area contributed by atoms with Crippen molar-refractivity contribution in [2.75, 3.05) is 44.3 Å². The quantitative estimate of drug-likeness (QED) is 0.770. The van der Waals surface area contributed by atoms with E-state index in [2.05, 4.69) is 19.8 Å². The lowest BCUT2D eigenvalue weighted by Gasteiger charge is -2.38. The molecular formula is C13H20N4O. The van der Waals surface area contributed by atoms with Gasteiger partial charge in [-0.2, -0.15) is 0 Å². The molecule has 98 valence electrons. The number of nitrogens with zero attached hydrogens (tertiary/aromatic N) is 4. The van der Waals surface area contributed by atoms with Gasteiger partial charge in [0.15, 0.2) is 0 Å². The molecule has 1 aromatic rings. The summed E-state index contributed by atoms with van der Waals surface area (Å²) in [6.07, 6.45) is 4.72. The van der Waals surface area contributed by atoms with Crippen LogP contribution in [0.3, 0.4) is 0 Å². The van der Waals surface area contributed by atoms with Crippen LogP contribution in [0.2, 0.25) is 0 Å². The second-order valence-electron chi connectivity index (χ2n) is 5.01. The number of hydrogen-bond donors (Lipinski definition) is 0. The van der Waals surface area contributed by atoms with Crippen LogP contribution < -0.4 is 4.90 Å². The Kier molecular flexibility index (Phi) is 3.43. The maximum Gasteiger partial charge on any atom is 0.150 e. The van der Waals surface area contributed by atoms with Crippen molar-refractivity contribution >= 4 is 5.82 Å². The molecule has 5 heteroatoms. The molecule has 2 fully saturated rings. The summed E-state index contributed by atoms with van der Waals surface area (Å²) >= 11 is 0. The van der Waals surface area contributed by atoms with Gasteiger partial charge in [-0.05, 0) is 13.3 Å². The zero-order valence-electron chi connectivity index (χ0n) is 10.9. The molecule has 1 unspecified atom stereocenters. The van der Waals surface area contributed by atoms with Crippen molar-refractivity contribution in [3.63, 3.8) is 0 Å². The van der Waals surface area contributed by atoms with Crippen LogP contribution in [0.1, 0.15) is 12.1 Å². The highest BCUT2D eigenvalue weighted by atomic mass is 16.5. The number of rotatable bonds is 2. The van der Waals surface area contributed by atoms with Gasteiger partial charge in [-0.1, -0.05) is 0 Å². The van der Waals surface area contributed by atoms with Crippen LogP contribution in [-0.2, 0) is 4.74 Å². The summed E-state index contributed by atoms with van der Waals surface area (Å²) in [5.74, 6) is 1.04. The zero-order valence-corrected chi connectivity index (χ0v) is 10.9. The van der Waals surface area contributed by atoms with E-state index in [4.69, 9.17) is 4.74 Å². The normalized spacial score (nSPS) is 25.6. The van der Waals surface area contributed by atoms with Crippen LogP contribution in [-0.4, -0.2) is 60.3 Å². The number of anilines is 1. The van der Waals surface area contributed by atoms with Crippen LogP contribution in [0.5, 0.6) is 0 Å². The van der Waals surface area contributed by atoms with E-state index in [0.717, 1.165) is 50.9 Å². The van der Waals surface area contributed by atoms with Crippen LogP contribution in [0.15, 0.2) is 12.4 Å². The molecule has 0 bridgehead atoms. The minimum absolute atomic E-state index is 0.634. The fourth-order valence-corrected chi connectivity index (χ4v) is 2.82. The fourth-order valence-electron chi connectivity index (χ4n) is 2.82. The number of aromatic nitrogens is 2. The molecule has 18 heavy (non-hydrogen) atoms. The molecule has 0 aliphatic carbocycles. The van der Waals surface area contributed by atoms with Gasteiger partial charge in [0.25, 0.3) is 0 Å². The average molecular weight is 248 g/mol. The third-order valence-electron chi connectivity index (χ3n) is 3.89. The van der Waals surface area contributed by atoms with Gasteiger partial charge < -0.3 is 9.64 Å². The minimum Gasteiger partial charge on any atom is -0.380 e. The third kappa shape index (κ3) is 2.33. The average Bonchev–Trinajstić information content (AvgIpc) is 2.94. The van der Waals surface area contributed by atoms with E-state index in [1.807, 2.05) is 6.92 Å². The molecule has 0 aromatic carbocycles. The summed E-state index contributed by atoms with van der Waals surface area (Å²) in [5.41, 5.74) is 1.02. The molecule has 3 heterocycles. The van der Waals surface area contributed by atoms with E-state index in [0.29, 0.717) is 6.04 Å². The Hall–Kier alpha value is -1.20. The molecule has 5 nitrogen and oxygen atoms in total. The first kappa shape index (κ1) is 11.9. The molecule has 2 aliphatic heterocycles. The van der Waals surface area contributed by atoms with E-state index in [1.165, 1.54) is 6.42 Å². The topological polar surface area (TPSA) is 41.5 Å². The number of hydrogen-bond acceptors (Lipinski definition) is 5. The first-order valence-corrected chi connectivity index (χ1v) is 6.69. The molecule has 0 spiro atoms. The number of ether oxygens (including phenoxy) is 1. The van der Waals surface area contributed by atoms with Crippen molar-refractivity contribution in [1.82, 2.24) is 14.9 Å². The van der Waals surface area contributed by atoms with Gasteiger partial charge in [0.05, 0.1) is 12.3 Å². The summed E-state index contributed by atoms with van der Waals surface area (Å²) in [5, 5.41) is 0. The fraction of sp³-hybridized carbons (Fsp3) is 0.692. The Morgan fingerprint density at radius 1 is 1.17 bits per heavy atom. The highest BCUT2D eigenvalue weighted by molar-refractivity contribution is 5.42. The van der Waals surface area contributed by atoms with Gasteiger partial charge in [0, 0.05) is 51.2 Å². The molecular weight excluding hydrogens is 228 g/mol.